The normalized spacial score (nSPS) is 12.8. The standard InChI is InChI=1S/C22H28N4O4S/c1-5-25(6-2)31(28,29)19-11-9-18(10-12-19)22(27)23-15-20(21-8-7-13-30-21)26-17(4)14-16(3)24-26/h7-14,20H,5-6,15H2,1-4H3,(H,23,27). The lowest BCUT2D eigenvalue weighted by molar-refractivity contribution is 0.0948. The number of carbonyl (C=O) groups excluding carboxylic acids is 1. The lowest BCUT2D eigenvalue weighted by Gasteiger charge is -2.19. The van der Waals surface area contributed by atoms with E-state index in [0.717, 1.165) is 11.4 Å². The first-order valence-electron chi connectivity index (χ1n) is 10.2. The van der Waals surface area contributed by atoms with E-state index >= 15 is 0 Å². The van der Waals surface area contributed by atoms with Gasteiger partial charge in [-0.15, -0.1) is 0 Å². The molecule has 3 aromatic rings. The lowest BCUT2D eigenvalue weighted by Crippen LogP contribution is -2.32. The van der Waals surface area contributed by atoms with E-state index in [1.165, 1.54) is 28.6 Å². The molecule has 2 aromatic heterocycles. The second kappa shape index (κ2) is 9.49. The van der Waals surface area contributed by atoms with Crippen LogP contribution in [0.3, 0.4) is 0 Å². The number of carbonyl (C=O) groups is 1. The van der Waals surface area contributed by atoms with E-state index in [0.29, 0.717) is 24.4 Å². The zero-order valence-electron chi connectivity index (χ0n) is 18.2. The Morgan fingerprint density at radius 1 is 1.16 bits per heavy atom. The largest absolute Gasteiger partial charge is 0.467 e. The molecule has 9 heteroatoms. The Labute approximate surface area is 182 Å². The lowest BCUT2D eigenvalue weighted by atomic mass is 10.2. The number of furan rings is 1. The summed E-state index contributed by atoms with van der Waals surface area (Å²) in [5.41, 5.74) is 2.22. The van der Waals surface area contributed by atoms with Gasteiger partial charge < -0.3 is 9.73 Å². The molecule has 0 radical (unpaired) electrons. The third-order valence-electron chi connectivity index (χ3n) is 5.13. The summed E-state index contributed by atoms with van der Waals surface area (Å²) in [6.07, 6.45) is 1.59. The van der Waals surface area contributed by atoms with Crippen LogP contribution >= 0.6 is 0 Å². The van der Waals surface area contributed by atoms with Gasteiger partial charge in [0.15, 0.2) is 0 Å². The molecule has 1 aromatic carbocycles. The summed E-state index contributed by atoms with van der Waals surface area (Å²) in [4.78, 5) is 12.9. The van der Waals surface area contributed by atoms with Crippen LogP contribution in [0.2, 0.25) is 0 Å². The fourth-order valence-corrected chi connectivity index (χ4v) is 4.99. The predicted molar refractivity (Wildman–Crippen MR) is 117 cm³/mol. The second-order valence-corrected chi connectivity index (χ2v) is 9.16. The SMILES string of the molecule is CCN(CC)S(=O)(=O)c1ccc(C(=O)NCC(c2ccco2)n2nc(C)cc2C)cc1. The van der Waals surface area contributed by atoms with Gasteiger partial charge in [-0.2, -0.15) is 9.40 Å². The number of amides is 1. The number of benzene rings is 1. The minimum Gasteiger partial charge on any atom is -0.467 e. The first-order valence-corrected chi connectivity index (χ1v) is 11.7. The van der Waals surface area contributed by atoms with Crippen molar-refractivity contribution in [2.75, 3.05) is 19.6 Å². The number of aryl methyl sites for hydroxylation is 2. The van der Waals surface area contributed by atoms with Gasteiger partial charge in [0.1, 0.15) is 11.8 Å². The molecule has 0 fully saturated rings. The Hall–Kier alpha value is -2.91. The Morgan fingerprint density at radius 3 is 2.35 bits per heavy atom. The number of nitrogens with zero attached hydrogens (tertiary/aromatic N) is 3. The summed E-state index contributed by atoms with van der Waals surface area (Å²) in [6, 6.07) is 11.3. The molecule has 1 amide bonds. The topological polar surface area (TPSA) is 97.4 Å². The minimum absolute atomic E-state index is 0.170. The van der Waals surface area contributed by atoms with Gasteiger partial charge in [0.05, 0.1) is 16.9 Å². The van der Waals surface area contributed by atoms with E-state index in [4.69, 9.17) is 4.42 Å². The molecule has 0 bridgehead atoms. The van der Waals surface area contributed by atoms with Crippen LogP contribution in [0.25, 0.3) is 0 Å². The monoisotopic (exact) mass is 444 g/mol. The Morgan fingerprint density at radius 2 is 1.84 bits per heavy atom. The molecule has 1 N–H and O–H groups in total. The van der Waals surface area contributed by atoms with Crippen molar-refractivity contribution in [3.63, 3.8) is 0 Å². The second-order valence-electron chi connectivity index (χ2n) is 7.23. The summed E-state index contributed by atoms with van der Waals surface area (Å²) >= 11 is 0. The number of hydrogen-bond donors (Lipinski definition) is 1. The van der Waals surface area contributed by atoms with Crippen molar-refractivity contribution < 1.29 is 17.6 Å². The molecule has 3 rings (SSSR count). The van der Waals surface area contributed by atoms with E-state index in [9.17, 15) is 13.2 Å². The van der Waals surface area contributed by atoms with Crippen molar-refractivity contribution in [1.29, 1.82) is 0 Å². The fourth-order valence-electron chi connectivity index (χ4n) is 3.53. The van der Waals surface area contributed by atoms with Crippen LogP contribution in [0.15, 0.2) is 58.0 Å². The van der Waals surface area contributed by atoms with Gasteiger partial charge in [-0.3, -0.25) is 9.48 Å². The number of aromatic nitrogens is 2. The summed E-state index contributed by atoms with van der Waals surface area (Å²) < 4.78 is 34.0. The molecule has 0 aliphatic heterocycles. The van der Waals surface area contributed by atoms with Crippen molar-refractivity contribution >= 4 is 15.9 Å². The maximum atomic E-state index is 12.7. The molecule has 0 saturated heterocycles. The molecule has 0 aliphatic carbocycles. The van der Waals surface area contributed by atoms with Gasteiger partial charge in [-0.1, -0.05) is 13.8 Å². The van der Waals surface area contributed by atoms with Gasteiger partial charge in [0.25, 0.3) is 5.91 Å². The van der Waals surface area contributed by atoms with Crippen LogP contribution in [-0.4, -0.2) is 48.0 Å². The highest BCUT2D eigenvalue weighted by Gasteiger charge is 2.23. The van der Waals surface area contributed by atoms with Gasteiger partial charge >= 0.3 is 0 Å². The molecule has 0 saturated carbocycles. The van der Waals surface area contributed by atoms with Crippen LogP contribution in [0.5, 0.6) is 0 Å². The first-order chi connectivity index (χ1) is 14.8. The van der Waals surface area contributed by atoms with Gasteiger partial charge in [-0.25, -0.2) is 8.42 Å². The average molecular weight is 445 g/mol. The molecule has 0 spiro atoms. The summed E-state index contributed by atoms with van der Waals surface area (Å²) in [6.45, 7) is 8.50. The molecule has 31 heavy (non-hydrogen) atoms. The van der Waals surface area contributed by atoms with Crippen LogP contribution in [0.1, 0.15) is 47.4 Å². The molecule has 2 heterocycles. The number of nitrogens with one attached hydrogen (secondary N) is 1. The third kappa shape index (κ3) is 4.88. The summed E-state index contributed by atoms with van der Waals surface area (Å²) in [5.74, 6) is 0.386. The Bertz CT molecular complexity index is 1110. The molecule has 0 aliphatic rings. The zero-order chi connectivity index (χ0) is 22.6. The molecular weight excluding hydrogens is 416 g/mol. The molecule has 1 atom stereocenters. The van der Waals surface area contributed by atoms with Crippen LogP contribution < -0.4 is 5.32 Å². The smallest absolute Gasteiger partial charge is 0.251 e. The maximum absolute atomic E-state index is 12.7. The summed E-state index contributed by atoms with van der Waals surface area (Å²) in [5, 5.41) is 7.43. The van der Waals surface area contributed by atoms with Crippen LogP contribution in [0, 0.1) is 13.8 Å². The van der Waals surface area contributed by atoms with Gasteiger partial charge in [0.2, 0.25) is 10.0 Å². The van der Waals surface area contributed by atoms with E-state index in [1.54, 1.807) is 26.2 Å². The highest BCUT2D eigenvalue weighted by Crippen LogP contribution is 2.21. The van der Waals surface area contributed by atoms with Crippen LogP contribution in [-0.2, 0) is 10.0 Å². The Balaban J connectivity index is 1.75. The quantitative estimate of drug-likeness (QED) is 0.547. The van der Waals surface area contributed by atoms with Crippen molar-refractivity contribution in [1.82, 2.24) is 19.4 Å². The zero-order valence-corrected chi connectivity index (χ0v) is 19.0. The van der Waals surface area contributed by atoms with E-state index < -0.39 is 10.0 Å². The van der Waals surface area contributed by atoms with Crippen molar-refractivity contribution in [3.8, 4) is 0 Å². The highest BCUT2D eigenvalue weighted by atomic mass is 32.2. The third-order valence-corrected chi connectivity index (χ3v) is 7.19. The number of hydrogen-bond acceptors (Lipinski definition) is 5. The number of rotatable bonds is 9. The van der Waals surface area contributed by atoms with Gasteiger partial charge in [0, 0.05) is 30.9 Å². The van der Waals surface area contributed by atoms with E-state index in [2.05, 4.69) is 10.4 Å². The average Bonchev–Trinajstić information content (AvgIpc) is 3.39. The molecule has 1 unspecified atom stereocenters. The highest BCUT2D eigenvalue weighted by molar-refractivity contribution is 7.89. The van der Waals surface area contributed by atoms with E-state index in [-0.39, 0.29) is 23.4 Å². The summed E-state index contributed by atoms with van der Waals surface area (Å²) in [7, 11) is -3.56. The van der Waals surface area contributed by atoms with Crippen molar-refractivity contribution in [3.05, 3.63) is 71.4 Å². The van der Waals surface area contributed by atoms with Gasteiger partial charge in [-0.05, 0) is 56.3 Å². The Kier molecular flexibility index (Phi) is 6.97. The fraction of sp³-hybridized carbons (Fsp3) is 0.364. The molecule has 166 valence electrons. The predicted octanol–water partition coefficient (Wildman–Crippen LogP) is 3.14. The van der Waals surface area contributed by atoms with Crippen LogP contribution in [0.4, 0.5) is 0 Å². The van der Waals surface area contributed by atoms with Crippen molar-refractivity contribution in [2.45, 2.75) is 38.6 Å². The van der Waals surface area contributed by atoms with Crippen molar-refractivity contribution in [2.24, 2.45) is 0 Å². The minimum atomic E-state index is -3.56. The molecule has 8 nitrogen and oxygen atoms in total. The number of sulfonamides is 1. The van der Waals surface area contributed by atoms with E-state index in [1.807, 2.05) is 30.7 Å². The maximum Gasteiger partial charge on any atom is 0.251 e. The molecular formula is C22H28N4O4S. The first kappa shape index (κ1) is 22.8.